The van der Waals surface area contributed by atoms with Crippen LogP contribution in [-0.4, -0.2) is 9.78 Å². The van der Waals surface area contributed by atoms with E-state index in [1.807, 2.05) is 28.9 Å². The predicted molar refractivity (Wildman–Crippen MR) is 87.1 cm³/mol. The van der Waals surface area contributed by atoms with Crippen LogP contribution in [0.1, 0.15) is 16.7 Å². The number of nitrogen functional groups attached to an aromatic ring is 1. The van der Waals surface area contributed by atoms with Crippen molar-refractivity contribution in [3.8, 4) is 11.3 Å². The van der Waals surface area contributed by atoms with E-state index < -0.39 is 0 Å². The monoisotopic (exact) mass is 277 g/mol. The fraction of sp³-hybridized carbons (Fsp3) is 0.167. The molecule has 2 aromatic carbocycles. The maximum absolute atomic E-state index is 6.12. The summed E-state index contributed by atoms with van der Waals surface area (Å²) >= 11 is 0. The van der Waals surface area contributed by atoms with E-state index in [1.165, 1.54) is 16.7 Å². The minimum Gasteiger partial charge on any atom is -0.384 e. The summed E-state index contributed by atoms with van der Waals surface area (Å²) in [6.45, 7) is 4.89. The second-order valence-corrected chi connectivity index (χ2v) is 5.41. The molecule has 3 heteroatoms. The number of benzene rings is 2. The second-order valence-electron chi connectivity index (χ2n) is 5.41. The third-order valence-electron chi connectivity index (χ3n) is 3.71. The normalized spacial score (nSPS) is 10.8. The highest BCUT2D eigenvalue weighted by atomic mass is 15.3. The summed E-state index contributed by atoms with van der Waals surface area (Å²) in [5, 5.41) is 4.65. The lowest BCUT2D eigenvalue weighted by atomic mass is 10.1. The quantitative estimate of drug-likeness (QED) is 0.791. The number of nitrogens with zero attached hydrogens (tertiary/aromatic N) is 2. The highest BCUT2D eigenvalue weighted by molar-refractivity contribution is 5.63. The fourth-order valence-corrected chi connectivity index (χ4v) is 2.45. The molecule has 3 aromatic rings. The Kier molecular flexibility index (Phi) is 3.48. The van der Waals surface area contributed by atoms with Gasteiger partial charge in [0.25, 0.3) is 0 Å². The van der Waals surface area contributed by atoms with Crippen LogP contribution in [0.25, 0.3) is 11.3 Å². The van der Waals surface area contributed by atoms with E-state index in [0.717, 1.165) is 11.3 Å². The molecule has 21 heavy (non-hydrogen) atoms. The van der Waals surface area contributed by atoms with Crippen LogP contribution in [0.5, 0.6) is 0 Å². The van der Waals surface area contributed by atoms with Crippen molar-refractivity contribution in [1.29, 1.82) is 0 Å². The third-order valence-corrected chi connectivity index (χ3v) is 3.71. The molecule has 0 bridgehead atoms. The Morgan fingerprint density at radius 2 is 1.81 bits per heavy atom. The molecule has 106 valence electrons. The average molecular weight is 277 g/mol. The molecule has 1 aromatic heterocycles. The molecular weight excluding hydrogens is 258 g/mol. The molecule has 0 unspecified atom stereocenters. The number of hydrogen-bond acceptors (Lipinski definition) is 2. The molecule has 0 fully saturated rings. The van der Waals surface area contributed by atoms with Crippen LogP contribution in [-0.2, 0) is 6.54 Å². The van der Waals surface area contributed by atoms with Gasteiger partial charge in [-0.25, -0.2) is 4.68 Å². The van der Waals surface area contributed by atoms with Crippen molar-refractivity contribution in [2.24, 2.45) is 0 Å². The first kappa shape index (κ1) is 13.4. The molecule has 0 amide bonds. The van der Waals surface area contributed by atoms with Gasteiger partial charge in [-0.2, -0.15) is 5.10 Å². The first-order chi connectivity index (χ1) is 10.1. The molecule has 0 aliphatic rings. The van der Waals surface area contributed by atoms with E-state index in [2.05, 4.69) is 49.3 Å². The summed E-state index contributed by atoms with van der Waals surface area (Å²) in [7, 11) is 0. The molecule has 0 atom stereocenters. The number of anilines is 1. The number of nitrogens with two attached hydrogens (primary N) is 1. The highest BCUT2D eigenvalue weighted by Gasteiger charge is 2.08. The van der Waals surface area contributed by atoms with Gasteiger partial charge in [0, 0.05) is 11.6 Å². The third kappa shape index (κ3) is 2.82. The van der Waals surface area contributed by atoms with Gasteiger partial charge in [0.05, 0.1) is 12.2 Å². The van der Waals surface area contributed by atoms with Crippen LogP contribution >= 0.6 is 0 Å². The van der Waals surface area contributed by atoms with Crippen molar-refractivity contribution in [1.82, 2.24) is 9.78 Å². The van der Waals surface area contributed by atoms with Crippen molar-refractivity contribution in [2.75, 3.05) is 5.73 Å². The molecule has 3 nitrogen and oxygen atoms in total. The number of aryl methyl sites for hydroxylation is 2. The van der Waals surface area contributed by atoms with Gasteiger partial charge in [0.1, 0.15) is 5.82 Å². The molecule has 1 heterocycles. The maximum atomic E-state index is 6.12. The summed E-state index contributed by atoms with van der Waals surface area (Å²) < 4.78 is 1.86. The molecular formula is C18H19N3. The smallest absolute Gasteiger partial charge is 0.122 e. The summed E-state index contributed by atoms with van der Waals surface area (Å²) in [4.78, 5) is 0. The van der Waals surface area contributed by atoms with E-state index in [4.69, 9.17) is 5.73 Å². The molecule has 2 N–H and O–H groups in total. The zero-order valence-electron chi connectivity index (χ0n) is 12.4. The van der Waals surface area contributed by atoms with Gasteiger partial charge in [0.2, 0.25) is 0 Å². The number of aromatic nitrogens is 2. The Balaban J connectivity index is 1.93. The maximum Gasteiger partial charge on any atom is 0.122 e. The fourth-order valence-electron chi connectivity index (χ4n) is 2.45. The van der Waals surface area contributed by atoms with E-state index in [-0.39, 0.29) is 0 Å². The Hall–Kier alpha value is -2.55. The summed E-state index contributed by atoms with van der Waals surface area (Å²) in [6.07, 6.45) is 0. The minimum absolute atomic E-state index is 0.690. The van der Waals surface area contributed by atoms with E-state index >= 15 is 0 Å². The minimum atomic E-state index is 0.690. The van der Waals surface area contributed by atoms with Crippen LogP contribution in [0, 0.1) is 13.8 Å². The lowest BCUT2D eigenvalue weighted by molar-refractivity contribution is 0.697. The van der Waals surface area contributed by atoms with Crippen LogP contribution < -0.4 is 5.73 Å². The van der Waals surface area contributed by atoms with Crippen LogP contribution in [0.3, 0.4) is 0 Å². The summed E-state index contributed by atoms with van der Waals surface area (Å²) in [5.41, 5.74) is 11.9. The Morgan fingerprint density at radius 3 is 2.57 bits per heavy atom. The van der Waals surface area contributed by atoms with Gasteiger partial charge in [-0.15, -0.1) is 0 Å². The first-order valence-electron chi connectivity index (χ1n) is 7.08. The highest BCUT2D eigenvalue weighted by Crippen LogP contribution is 2.22. The SMILES string of the molecule is Cc1cccc(-c2cc(N)n(Cc3ccccc3C)n2)c1. The molecule has 0 aliphatic heterocycles. The van der Waals surface area contributed by atoms with Gasteiger partial charge in [-0.05, 0) is 31.0 Å². The van der Waals surface area contributed by atoms with E-state index in [1.54, 1.807) is 0 Å². The van der Waals surface area contributed by atoms with Crippen molar-refractivity contribution in [3.63, 3.8) is 0 Å². The van der Waals surface area contributed by atoms with Crippen LogP contribution in [0.2, 0.25) is 0 Å². The van der Waals surface area contributed by atoms with Gasteiger partial charge < -0.3 is 5.73 Å². The van der Waals surface area contributed by atoms with Crippen molar-refractivity contribution in [3.05, 3.63) is 71.3 Å². The van der Waals surface area contributed by atoms with Gasteiger partial charge in [-0.1, -0.05) is 48.0 Å². The zero-order valence-corrected chi connectivity index (χ0v) is 12.4. The Bertz CT molecular complexity index is 772. The van der Waals surface area contributed by atoms with Crippen LogP contribution in [0.15, 0.2) is 54.6 Å². The van der Waals surface area contributed by atoms with E-state index in [9.17, 15) is 0 Å². The van der Waals surface area contributed by atoms with Crippen molar-refractivity contribution in [2.45, 2.75) is 20.4 Å². The Morgan fingerprint density at radius 1 is 1.00 bits per heavy atom. The second kappa shape index (κ2) is 5.44. The summed E-state index contributed by atoms with van der Waals surface area (Å²) in [5.74, 6) is 0.690. The van der Waals surface area contributed by atoms with Gasteiger partial charge in [-0.3, -0.25) is 0 Å². The zero-order chi connectivity index (χ0) is 14.8. The first-order valence-corrected chi connectivity index (χ1v) is 7.08. The molecule has 0 saturated heterocycles. The van der Waals surface area contributed by atoms with Crippen molar-refractivity contribution >= 4 is 5.82 Å². The molecule has 0 aliphatic carbocycles. The molecule has 0 spiro atoms. The van der Waals surface area contributed by atoms with Gasteiger partial charge in [0.15, 0.2) is 0 Å². The largest absolute Gasteiger partial charge is 0.384 e. The lowest BCUT2D eigenvalue weighted by Crippen LogP contribution is -2.06. The summed E-state index contributed by atoms with van der Waals surface area (Å²) in [6, 6.07) is 18.6. The number of rotatable bonds is 3. The standard InChI is InChI=1S/C18H19N3/c1-13-6-5-9-15(10-13)17-11-18(19)21(20-17)12-16-8-4-3-7-14(16)2/h3-11H,12,19H2,1-2H3. The van der Waals surface area contributed by atoms with Crippen LogP contribution in [0.4, 0.5) is 5.82 Å². The van der Waals surface area contributed by atoms with Gasteiger partial charge >= 0.3 is 0 Å². The number of hydrogen-bond donors (Lipinski definition) is 1. The molecule has 0 saturated carbocycles. The predicted octanol–water partition coefficient (Wildman–Crippen LogP) is 3.80. The van der Waals surface area contributed by atoms with Crippen molar-refractivity contribution < 1.29 is 0 Å². The average Bonchev–Trinajstić information content (AvgIpc) is 2.83. The topological polar surface area (TPSA) is 43.8 Å². The van der Waals surface area contributed by atoms with E-state index in [0.29, 0.717) is 12.4 Å². The Labute approximate surface area is 125 Å². The molecule has 3 rings (SSSR count). The lowest BCUT2D eigenvalue weighted by Gasteiger charge is -2.07. The molecule has 0 radical (unpaired) electrons.